The third-order valence-electron chi connectivity index (χ3n) is 2.43. The van der Waals surface area contributed by atoms with Crippen LogP contribution in [0.25, 0.3) is 0 Å². The van der Waals surface area contributed by atoms with Crippen molar-refractivity contribution >= 4 is 23.2 Å². The smallest absolute Gasteiger partial charge is 0.271 e. The summed E-state index contributed by atoms with van der Waals surface area (Å²) < 4.78 is 12.8. The lowest BCUT2D eigenvalue weighted by Gasteiger charge is -2.15. The topological polar surface area (TPSA) is 85.1 Å². The number of nitrogens with one attached hydrogen (secondary N) is 1. The molecule has 2 amide bonds. The molecule has 0 bridgehead atoms. The first-order valence-electron chi connectivity index (χ1n) is 5.32. The zero-order valence-electron chi connectivity index (χ0n) is 9.67. The van der Waals surface area contributed by atoms with E-state index in [0.29, 0.717) is 5.56 Å². The van der Waals surface area contributed by atoms with E-state index in [1.807, 2.05) is 0 Å². The molecular weight excluding hydrogens is 269 g/mol. The van der Waals surface area contributed by atoms with Crippen LogP contribution in [-0.4, -0.2) is 16.8 Å². The number of nitrogens with zero attached hydrogens (tertiary/aromatic N) is 1. The van der Waals surface area contributed by atoms with E-state index in [9.17, 15) is 14.0 Å². The van der Waals surface area contributed by atoms with Crippen molar-refractivity contribution < 1.29 is 14.0 Å². The molecule has 0 radical (unpaired) electrons. The molecule has 0 aliphatic heterocycles. The van der Waals surface area contributed by atoms with E-state index in [1.54, 1.807) is 5.38 Å². The van der Waals surface area contributed by atoms with Crippen molar-refractivity contribution in [2.24, 2.45) is 5.73 Å². The zero-order valence-corrected chi connectivity index (χ0v) is 10.5. The molecule has 19 heavy (non-hydrogen) atoms. The van der Waals surface area contributed by atoms with Gasteiger partial charge in [0.15, 0.2) is 0 Å². The van der Waals surface area contributed by atoms with Crippen LogP contribution >= 0.6 is 11.3 Å². The number of halogens is 1. The molecule has 98 valence electrons. The molecule has 1 aromatic heterocycles. The summed E-state index contributed by atoms with van der Waals surface area (Å²) in [4.78, 5) is 27.0. The van der Waals surface area contributed by atoms with Crippen molar-refractivity contribution in [3.05, 3.63) is 52.2 Å². The van der Waals surface area contributed by atoms with Crippen LogP contribution in [0.15, 0.2) is 35.2 Å². The van der Waals surface area contributed by atoms with Crippen LogP contribution in [0.2, 0.25) is 0 Å². The number of nitrogens with two attached hydrogens (primary N) is 1. The van der Waals surface area contributed by atoms with Gasteiger partial charge in [-0.3, -0.25) is 9.59 Å². The number of carbonyl (C=O) groups excluding carboxylic acids is 2. The van der Waals surface area contributed by atoms with Gasteiger partial charge in [-0.1, -0.05) is 12.1 Å². The number of thiazole rings is 1. The molecule has 0 saturated carbocycles. The lowest BCUT2D eigenvalue weighted by Crippen LogP contribution is -2.37. The number of carbonyl (C=O) groups is 2. The highest BCUT2D eigenvalue weighted by Gasteiger charge is 2.21. The van der Waals surface area contributed by atoms with E-state index in [1.165, 1.54) is 41.1 Å². The molecule has 0 spiro atoms. The van der Waals surface area contributed by atoms with Crippen molar-refractivity contribution in [3.8, 4) is 0 Å². The predicted octanol–water partition coefficient (Wildman–Crippen LogP) is 1.24. The van der Waals surface area contributed by atoms with Gasteiger partial charge in [0.2, 0.25) is 5.91 Å². The minimum atomic E-state index is -1.02. The number of hydrogen-bond donors (Lipinski definition) is 2. The fraction of sp³-hybridized carbons (Fsp3) is 0.0833. The molecule has 7 heteroatoms. The van der Waals surface area contributed by atoms with Gasteiger partial charge in [-0.05, 0) is 17.7 Å². The summed E-state index contributed by atoms with van der Waals surface area (Å²) in [5.74, 6) is -1.66. The van der Waals surface area contributed by atoms with Crippen molar-refractivity contribution in [1.29, 1.82) is 0 Å². The summed E-state index contributed by atoms with van der Waals surface area (Å²) in [5.41, 5.74) is 7.37. The van der Waals surface area contributed by atoms with Crippen molar-refractivity contribution in [1.82, 2.24) is 10.3 Å². The van der Waals surface area contributed by atoms with Crippen LogP contribution in [0.1, 0.15) is 22.1 Å². The first-order valence-corrected chi connectivity index (χ1v) is 6.26. The second kappa shape index (κ2) is 5.57. The molecule has 3 N–H and O–H groups in total. The van der Waals surface area contributed by atoms with E-state index >= 15 is 0 Å². The second-order valence-corrected chi connectivity index (χ2v) is 4.45. The fourth-order valence-corrected chi connectivity index (χ4v) is 2.04. The van der Waals surface area contributed by atoms with E-state index in [-0.39, 0.29) is 5.69 Å². The monoisotopic (exact) mass is 279 g/mol. The van der Waals surface area contributed by atoms with E-state index in [2.05, 4.69) is 10.3 Å². The molecule has 0 aliphatic rings. The van der Waals surface area contributed by atoms with Gasteiger partial charge in [0.1, 0.15) is 17.6 Å². The molecular formula is C12H10FN3O2S. The molecule has 0 unspecified atom stereocenters. The number of benzene rings is 1. The molecule has 2 aromatic rings. The standard InChI is InChI=1S/C12H10FN3O2S/c13-8-3-1-7(2-4-8)10(11(14)17)16-12(18)9-5-19-6-15-9/h1-6,10H,(H2,14,17)(H,16,18)/t10-/m1/s1. The third-order valence-corrected chi connectivity index (χ3v) is 3.01. The van der Waals surface area contributed by atoms with E-state index in [4.69, 9.17) is 5.73 Å². The molecule has 5 nitrogen and oxygen atoms in total. The Bertz CT molecular complexity index is 584. The Balaban J connectivity index is 2.19. The highest BCUT2D eigenvalue weighted by atomic mass is 32.1. The van der Waals surface area contributed by atoms with Crippen molar-refractivity contribution in [2.75, 3.05) is 0 Å². The van der Waals surface area contributed by atoms with Gasteiger partial charge in [0, 0.05) is 5.38 Å². The molecule has 1 heterocycles. The van der Waals surface area contributed by atoms with Crippen LogP contribution in [0.4, 0.5) is 4.39 Å². The first kappa shape index (κ1) is 13.2. The van der Waals surface area contributed by atoms with Crippen molar-refractivity contribution in [2.45, 2.75) is 6.04 Å². The quantitative estimate of drug-likeness (QED) is 0.883. The molecule has 1 aromatic carbocycles. The third kappa shape index (κ3) is 3.14. The van der Waals surface area contributed by atoms with Gasteiger partial charge in [-0.25, -0.2) is 9.37 Å². The lowest BCUT2D eigenvalue weighted by molar-refractivity contribution is -0.120. The Hall–Kier alpha value is -2.28. The average molecular weight is 279 g/mol. The van der Waals surface area contributed by atoms with Crippen LogP contribution < -0.4 is 11.1 Å². The van der Waals surface area contributed by atoms with Crippen LogP contribution in [0.5, 0.6) is 0 Å². The summed E-state index contributed by atoms with van der Waals surface area (Å²) in [6.07, 6.45) is 0. The van der Waals surface area contributed by atoms with Gasteiger partial charge in [0.05, 0.1) is 5.51 Å². The van der Waals surface area contributed by atoms with Gasteiger partial charge in [-0.15, -0.1) is 11.3 Å². The Morgan fingerprint density at radius 1 is 1.32 bits per heavy atom. The van der Waals surface area contributed by atoms with Crippen LogP contribution in [0, 0.1) is 5.82 Å². The number of primary amides is 1. The normalized spacial score (nSPS) is 11.8. The highest BCUT2D eigenvalue weighted by molar-refractivity contribution is 7.07. The van der Waals surface area contributed by atoms with Gasteiger partial charge in [0.25, 0.3) is 5.91 Å². The minimum Gasteiger partial charge on any atom is -0.368 e. The summed E-state index contributed by atoms with van der Waals surface area (Å²) >= 11 is 1.26. The van der Waals surface area contributed by atoms with Crippen LogP contribution in [0.3, 0.4) is 0 Å². The molecule has 0 saturated heterocycles. The number of rotatable bonds is 4. The van der Waals surface area contributed by atoms with Crippen LogP contribution in [-0.2, 0) is 4.79 Å². The maximum absolute atomic E-state index is 12.8. The van der Waals surface area contributed by atoms with Gasteiger partial charge < -0.3 is 11.1 Å². The summed E-state index contributed by atoms with van der Waals surface area (Å²) in [6, 6.07) is 4.16. The van der Waals surface area contributed by atoms with E-state index in [0.717, 1.165) is 0 Å². The van der Waals surface area contributed by atoms with Crippen molar-refractivity contribution in [3.63, 3.8) is 0 Å². The maximum Gasteiger partial charge on any atom is 0.271 e. The Labute approximate surface area is 112 Å². The average Bonchev–Trinajstić information content (AvgIpc) is 2.90. The zero-order chi connectivity index (χ0) is 13.8. The number of aromatic nitrogens is 1. The highest BCUT2D eigenvalue weighted by Crippen LogP contribution is 2.14. The number of amides is 2. The minimum absolute atomic E-state index is 0.207. The first-order chi connectivity index (χ1) is 9.08. The number of hydrogen-bond acceptors (Lipinski definition) is 4. The Morgan fingerprint density at radius 2 is 2.00 bits per heavy atom. The second-order valence-electron chi connectivity index (χ2n) is 3.73. The van der Waals surface area contributed by atoms with E-state index < -0.39 is 23.7 Å². The van der Waals surface area contributed by atoms with Gasteiger partial charge >= 0.3 is 0 Å². The molecule has 2 rings (SSSR count). The van der Waals surface area contributed by atoms with Gasteiger partial charge in [-0.2, -0.15) is 0 Å². The summed E-state index contributed by atoms with van der Waals surface area (Å²) in [7, 11) is 0. The lowest BCUT2D eigenvalue weighted by atomic mass is 10.1. The Kier molecular flexibility index (Phi) is 3.86. The maximum atomic E-state index is 12.8. The predicted molar refractivity (Wildman–Crippen MR) is 67.9 cm³/mol. The molecule has 1 atom stereocenters. The Morgan fingerprint density at radius 3 is 2.53 bits per heavy atom. The largest absolute Gasteiger partial charge is 0.368 e. The molecule has 0 aliphatic carbocycles. The fourth-order valence-electron chi connectivity index (χ4n) is 1.50. The SMILES string of the molecule is NC(=O)[C@H](NC(=O)c1cscn1)c1ccc(F)cc1. The summed E-state index contributed by atoms with van der Waals surface area (Å²) in [6.45, 7) is 0. The summed E-state index contributed by atoms with van der Waals surface area (Å²) in [5, 5.41) is 4.02. The molecule has 0 fully saturated rings.